The summed E-state index contributed by atoms with van der Waals surface area (Å²) in [5, 5.41) is 14.0. The fourth-order valence-corrected chi connectivity index (χ4v) is 2.30. The van der Waals surface area contributed by atoms with Crippen LogP contribution in [0, 0.1) is 12.8 Å². The van der Waals surface area contributed by atoms with E-state index in [0.29, 0.717) is 23.2 Å². The van der Waals surface area contributed by atoms with Crippen molar-refractivity contribution in [3.8, 4) is 0 Å². The second-order valence-electron chi connectivity index (χ2n) is 5.64. The van der Waals surface area contributed by atoms with E-state index in [1.54, 1.807) is 6.07 Å². The summed E-state index contributed by atoms with van der Waals surface area (Å²) < 4.78 is 0. The minimum absolute atomic E-state index is 0.456. The van der Waals surface area contributed by atoms with Gasteiger partial charge in [-0.25, -0.2) is 0 Å². The minimum Gasteiger partial charge on any atom is -0.398 e. The SMILES string of the molecule is Cc1cc(N)c(Cl)cc1NCC(C)(O)CC(C)C. The molecule has 0 spiro atoms. The molecule has 0 saturated heterocycles. The molecule has 0 heterocycles. The van der Waals surface area contributed by atoms with Crippen molar-refractivity contribution in [3.63, 3.8) is 0 Å². The highest BCUT2D eigenvalue weighted by Crippen LogP contribution is 2.27. The molecule has 4 heteroatoms. The number of rotatable bonds is 5. The first kappa shape index (κ1) is 15.1. The fraction of sp³-hybridized carbons (Fsp3) is 0.571. The molecule has 0 aromatic heterocycles. The minimum atomic E-state index is -0.728. The predicted molar refractivity (Wildman–Crippen MR) is 79.2 cm³/mol. The molecule has 0 radical (unpaired) electrons. The van der Waals surface area contributed by atoms with Crippen LogP contribution in [0.3, 0.4) is 0 Å². The summed E-state index contributed by atoms with van der Waals surface area (Å²) in [5.41, 5.74) is 7.52. The topological polar surface area (TPSA) is 58.3 Å². The molecule has 4 N–H and O–H groups in total. The molecule has 0 bridgehead atoms. The second kappa shape index (κ2) is 5.81. The quantitative estimate of drug-likeness (QED) is 0.719. The maximum absolute atomic E-state index is 10.2. The Kier molecular flexibility index (Phi) is 4.88. The number of aryl methyl sites for hydroxylation is 1. The van der Waals surface area contributed by atoms with E-state index in [1.165, 1.54) is 0 Å². The van der Waals surface area contributed by atoms with Gasteiger partial charge in [-0.15, -0.1) is 0 Å². The van der Waals surface area contributed by atoms with E-state index >= 15 is 0 Å². The smallest absolute Gasteiger partial charge is 0.0793 e. The Morgan fingerprint density at radius 2 is 2.06 bits per heavy atom. The molecule has 3 nitrogen and oxygen atoms in total. The summed E-state index contributed by atoms with van der Waals surface area (Å²) in [5.74, 6) is 0.456. The Balaban J connectivity index is 2.72. The number of nitrogens with one attached hydrogen (secondary N) is 1. The lowest BCUT2D eigenvalue weighted by Crippen LogP contribution is -2.35. The lowest BCUT2D eigenvalue weighted by molar-refractivity contribution is 0.0515. The Labute approximate surface area is 114 Å². The number of hydrogen-bond donors (Lipinski definition) is 3. The molecule has 0 fully saturated rings. The highest BCUT2D eigenvalue weighted by Gasteiger charge is 2.21. The Morgan fingerprint density at radius 1 is 1.44 bits per heavy atom. The molecule has 1 aromatic rings. The monoisotopic (exact) mass is 270 g/mol. The van der Waals surface area contributed by atoms with Crippen LogP contribution in [0.5, 0.6) is 0 Å². The van der Waals surface area contributed by atoms with Gasteiger partial charge in [-0.1, -0.05) is 25.4 Å². The third-order valence-corrected chi connectivity index (χ3v) is 3.18. The van der Waals surface area contributed by atoms with Gasteiger partial charge < -0.3 is 16.2 Å². The van der Waals surface area contributed by atoms with E-state index in [-0.39, 0.29) is 0 Å². The van der Waals surface area contributed by atoms with Crippen molar-refractivity contribution in [2.75, 3.05) is 17.6 Å². The lowest BCUT2D eigenvalue weighted by atomic mass is 9.94. The average molecular weight is 271 g/mol. The number of hydrogen-bond acceptors (Lipinski definition) is 3. The zero-order chi connectivity index (χ0) is 13.9. The van der Waals surface area contributed by atoms with Crippen molar-refractivity contribution < 1.29 is 5.11 Å². The van der Waals surface area contributed by atoms with Crippen LogP contribution < -0.4 is 11.1 Å². The standard InChI is InChI=1S/C14H23ClN2O/c1-9(2)7-14(4,18)8-17-13-6-11(15)12(16)5-10(13)3/h5-6,9,17-18H,7-8,16H2,1-4H3. The third-order valence-electron chi connectivity index (χ3n) is 2.85. The number of aliphatic hydroxyl groups is 1. The predicted octanol–water partition coefficient (Wildman–Crippen LogP) is 3.44. The number of nitrogens with two attached hydrogens (primary N) is 1. The van der Waals surface area contributed by atoms with E-state index in [2.05, 4.69) is 19.2 Å². The molecular formula is C14H23ClN2O. The molecule has 1 atom stereocenters. The van der Waals surface area contributed by atoms with Crippen molar-refractivity contribution in [2.24, 2.45) is 5.92 Å². The third kappa shape index (κ3) is 4.39. The van der Waals surface area contributed by atoms with Gasteiger partial charge >= 0.3 is 0 Å². The highest BCUT2D eigenvalue weighted by molar-refractivity contribution is 6.33. The van der Waals surface area contributed by atoms with Gasteiger partial charge in [0.2, 0.25) is 0 Å². The number of anilines is 2. The highest BCUT2D eigenvalue weighted by atomic mass is 35.5. The van der Waals surface area contributed by atoms with Gasteiger partial charge in [-0.2, -0.15) is 0 Å². The molecule has 0 saturated carbocycles. The molecule has 1 unspecified atom stereocenters. The van der Waals surface area contributed by atoms with Crippen LogP contribution in [0.2, 0.25) is 5.02 Å². The first-order chi connectivity index (χ1) is 8.21. The van der Waals surface area contributed by atoms with Gasteiger partial charge in [-0.3, -0.25) is 0 Å². The van der Waals surface area contributed by atoms with E-state index in [0.717, 1.165) is 17.7 Å². The summed E-state index contributed by atoms with van der Waals surface area (Å²) in [6.07, 6.45) is 0.752. The van der Waals surface area contributed by atoms with Crippen molar-refractivity contribution in [2.45, 2.75) is 39.7 Å². The van der Waals surface area contributed by atoms with E-state index < -0.39 is 5.60 Å². The van der Waals surface area contributed by atoms with E-state index in [1.807, 2.05) is 19.9 Å². The number of halogens is 1. The van der Waals surface area contributed by atoms with Crippen LogP contribution in [-0.2, 0) is 0 Å². The maximum Gasteiger partial charge on any atom is 0.0793 e. The van der Waals surface area contributed by atoms with Gasteiger partial charge in [0.1, 0.15) is 0 Å². The Morgan fingerprint density at radius 3 is 2.61 bits per heavy atom. The van der Waals surface area contributed by atoms with E-state index in [9.17, 15) is 5.11 Å². The molecule has 18 heavy (non-hydrogen) atoms. The van der Waals surface area contributed by atoms with Gasteiger partial charge in [0.15, 0.2) is 0 Å². The first-order valence-electron chi connectivity index (χ1n) is 6.23. The summed E-state index contributed by atoms with van der Waals surface area (Å²) >= 11 is 5.99. The number of benzene rings is 1. The summed E-state index contributed by atoms with van der Waals surface area (Å²) in [4.78, 5) is 0. The molecule has 102 valence electrons. The van der Waals surface area contributed by atoms with Crippen LogP contribution in [0.25, 0.3) is 0 Å². The van der Waals surface area contributed by atoms with Gasteiger partial charge in [0.25, 0.3) is 0 Å². The lowest BCUT2D eigenvalue weighted by Gasteiger charge is -2.26. The molecule has 1 aromatic carbocycles. The molecule has 0 aliphatic carbocycles. The van der Waals surface area contributed by atoms with Crippen LogP contribution in [0.4, 0.5) is 11.4 Å². The van der Waals surface area contributed by atoms with Crippen molar-refractivity contribution in [1.82, 2.24) is 0 Å². The summed E-state index contributed by atoms with van der Waals surface area (Å²) in [6, 6.07) is 3.64. The average Bonchev–Trinajstić information content (AvgIpc) is 2.19. The normalized spacial score (nSPS) is 14.6. The molecular weight excluding hydrogens is 248 g/mol. The molecule has 1 rings (SSSR count). The second-order valence-corrected chi connectivity index (χ2v) is 6.04. The van der Waals surface area contributed by atoms with Crippen LogP contribution in [-0.4, -0.2) is 17.3 Å². The largest absolute Gasteiger partial charge is 0.398 e. The van der Waals surface area contributed by atoms with E-state index in [4.69, 9.17) is 17.3 Å². The van der Waals surface area contributed by atoms with Gasteiger partial charge in [0.05, 0.1) is 16.3 Å². The molecule has 0 aliphatic heterocycles. The van der Waals surface area contributed by atoms with Crippen molar-refractivity contribution in [3.05, 3.63) is 22.7 Å². The molecule has 0 aliphatic rings. The van der Waals surface area contributed by atoms with Crippen molar-refractivity contribution >= 4 is 23.0 Å². The first-order valence-corrected chi connectivity index (χ1v) is 6.61. The summed E-state index contributed by atoms with van der Waals surface area (Å²) in [6.45, 7) is 8.49. The Hall–Kier alpha value is -0.930. The van der Waals surface area contributed by atoms with Crippen LogP contribution in [0.15, 0.2) is 12.1 Å². The summed E-state index contributed by atoms with van der Waals surface area (Å²) in [7, 11) is 0. The van der Waals surface area contributed by atoms with Gasteiger partial charge in [-0.05, 0) is 43.9 Å². The van der Waals surface area contributed by atoms with Crippen molar-refractivity contribution in [1.29, 1.82) is 0 Å². The van der Waals surface area contributed by atoms with Crippen LogP contribution in [0.1, 0.15) is 32.8 Å². The zero-order valence-electron chi connectivity index (χ0n) is 11.5. The van der Waals surface area contributed by atoms with Gasteiger partial charge in [0, 0.05) is 12.2 Å². The maximum atomic E-state index is 10.2. The van der Waals surface area contributed by atoms with Crippen LogP contribution >= 0.6 is 11.6 Å². The zero-order valence-corrected chi connectivity index (χ0v) is 12.3. The Bertz CT molecular complexity index is 417. The molecule has 0 amide bonds. The fourth-order valence-electron chi connectivity index (χ4n) is 2.13. The number of nitrogen functional groups attached to an aromatic ring is 1.